The van der Waals surface area contributed by atoms with Crippen LogP contribution in [0.1, 0.15) is 13.8 Å². The van der Waals surface area contributed by atoms with Crippen LogP contribution in [-0.4, -0.2) is 48.0 Å². The lowest BCUT2D eigenvalue weighted by Crippen LogP contribution is -2.38. The fourth-order valence-corrected chi connectivity index (χ4v) is 5.48. The first-order chi connectivity index (χ1) is 21.1. The van der Waals surface area contributed by atoms with Gasteiger partial charge < -0.3 is 43.7 Å². The van der Waals surface area contributed by atoms with Crippen LogP contribution in [0.2, 0.25) is 0 Å². The van der Waals surface area contributed by atoms with E-state index >= 15 is 0 Å². The molecule has 11 heteroatoms. The van der Waals surface area contributed by atoms with Gasteiger partial charge in [0.2, 0.25) is 0 Å². The van der Waals surface area contributed by atoms with Crippen molar-refractivity contribution in [1.82, 2.24) is 4.40 Å². The van der Waals surface area contributed by atoms with Crippen LogP contribution in [0.4, 0.5) is 0 Å². The molecule has 0 spiro atoms. The van der Waals surface area contributed by atoms with Gasteiger partial charge in [-0.3, -0.25) is 0 Å². The summed E-state index contributed by atoms with van der Waals surface area (Å²) in [4.78, 5) is 26.5. The van der Waals surface area contributed by atoms with Crippen molar-refractivity contribution in [3.63, 3.8) is 0 Å². The summed E-state index contributed by atoms with van der Waals surface area (Å²) in [6, 6.07) is 12.1. The maximum atomic E-state index is 13.8. The summed E-state index contributed by atoms with van der Waals surface area (Å²) in [6.07, 6.45) is 1.72. The molecule has 0 bridgehead atoms. The average molecular weight is 599 g/mol. The highest BCUT2D eigenvalue weighted by Gasteiger charge is 2.26. The Morgan fingerprint density at radius 2 is 1.52 bits per heavy atom. The fourth-order valence-electron chi connectivity index (χ4n) is 5.48. The number of nitrogens with zero attached hydrogens (tertiary/aromatic N) is 1. The minimum absolute atomic E-state index is 0.0396. The molecule has 0 saturated heterocycles. The number of methoxy groups -OCH3 is 3. The fraction of sp³-hybridized carbons (Fsp3) is 0.212. The van der Waals surface area contributed by atoms with Crippen LogP contribution >= 0.6 is 0 Å². The van der Waals surface area contributed by atoms with Crippen LogP contribution in [0.25, 0.3) is 49.3 Å². The number of hydrogen-bond donors (Lipinski definition) is 3. The molecule has 0 saturated carbocycles. The second-order valence-electron chi connectivity index (χ2n) is 10.7. The normalized spacial score (nSPS) is 12.3. The summed E-state index contributed by atoms with van der Waals surface area (Å²) in [6.45, 7) is 3.61. The minimum Gasteiger partial charge on any atom is -0.504 e. The smallest absolute Gasteiger partial charge is 0.361 e. The zero-order valence-corrected chi connectivity index (χ0v) is 24.6. The van der Waals surface area contributed by atoms with Gasteiger partial charge in [0.25, 0.3) is 0 Å². The van der Waals surface area contributed by atoms with Gasteiger partial charge in [-0.25, -0.2) is 9.59 Å². The number of hydrogen-bond acceptors (Lipinski definition) is 10. The number of benzene rings is 3. The van der Waals surface area contributed by atoms with Crippen molar-refractivity contribution in [3.8, 4) is 45.6 Å². The molecule has 4 N–H and O–H groups in total. The largest absolute Gasteiger partial charge is 0.504 e. The molecular weight excluding hydrogens is 568 g/mol. The van der Waals surface area contributed by atoms with Crippen molar-refractivity contribution < 1.29 is 38.4 Å². The van der Waals surface area contributed by atoms with E-state index in [1.54, 1.807) is 60.8 Å². The van der Waals surface area contributed by atoms with Crippen molar-refractivity contribution in [2.45, 2.75) is 19.9 Å². The monoisotopic (exact) mass is 598 g/mol. The van der Waals surface area contributed by atoms with E-state index in [-0.39, 0.29) is 51.5 Å². The summed E-state index contributed by atoms with van der Waals surface area (Å²) in [5, 5.41) is 23.3. The Kier molecular flexibility index (Phi) is 6.97. The molecule has 0 amide bonds. The third-order valence-electron chi connectivity index (χ3n) is 7.82. The van der Waals surface area contributed by atoms with Gasteiger partial charge in [-0.15, -0.1) is 0 Å². The number of carbonyl (C=O) groups excluding carboxylic acids is 1. The number of phenolic OH excluding ortho intramolecular Hbond substituents is 2. The Bertz CT molecular complexity index is 2180. The summed E-state index contributed by atoms with van der Waals surface area (Å²) < 4.78 is 29.6. The van der Waals surface area contributed by atoms with Crippen molar-refractivity contribution in [1.29, 1.82) is 0 Å². The number of fused-ring (bicyclic) bond motifs is 7. The van der Waals surface area contributed by atoms with Crippen LogP contribution < -0.4 is 30.3 Å². The van der Waals surface area contributed by atoms with Gasteiger partial charge in [-0.1, -0.05) is 19.9 Å². The van der Waals surface area contributed by atoms with E-state index in [0.717, 1.165) is 0 Å². The Balaban J connectivity index is 1.78. The number of aromatic hydroxyl groups is 2. The van der Waals surface area contributed by atoms with E-state index in [4.69, 9.17) is 29.1 Å². The molecule has 1 atom stereocenters. The first-order valence-electron chi connectivity index (χ1n) is 13.7. The van der Waals surface area contributed by atoms with E-state index in [1.807, 2.05) is 0 Å². The number of carbonyl (C=O) groups is 1. The first-order valence-corrected chi connectivity index (χ1v) is 13.7. The van der Waals surface area contributed by atoms with Crippen LogP contribution in [-0.2, 0) is 4.79 Å². The molecule has 0 unspecified atom stereocenters. The number of pyridine rings is 1. The molecule has 0 aliphatic carbocycles. The zero-order chi connectivity index (χ0) is 31.4. The number of phenols is 2. The Labute approximate surface area is 250 Å². The average Bonchev–Trinajstić information content (AvgIpc) is 3.36. The van der Waals surface area contributed by atoms with Crippen LogP contribution in [0, 0.1) is 5.92 Å². The second kappa shape index (κ2) is 10.7. The quantitative estimate of drug-likeness (QED) is 0.124. The minimum atomic E-state index is -0.873. The van der Waals surface area contributed by atoms with Gasteiger partial charge in [0.15, 0.2) is 34.5 Å². The molecular formula is C33H30N2O9. The zero-order valence-electron chi connectivity index (χ0n) is 24.6. The third-order valence-corrected chi connectivity index (χ3v) is 7.82. The van der Waals surface area contributed by atoms with Gasteiger partial charge in [0.05, 0.1) is 26.8 Å². The molecule has 3 heterocycles. The van der Waals surface area contributed by atoms with Crippen LogP contribution in [0.3, 0.4) is 0 Å². The topological polar surface area (TPSA) is 155 Å². The molecule has 11 nitrogen and oxygen atoms in total. The van der Waals surface area contributed by atoms with Crippen molar-refractivity contribution >= 4 is 44.1 Å². The summed E-state index contributed by atoms with van der Waals surface area (Å²) >= 11 is 0. The SMILES string of the molecule is COc1cc(-c2c3c4cc(OC)c(OC(=O)[C@@H](N)C(C)C)cc4oc(=O)c3n3ccc4cc(O)c(OC)cc4c23)ccc1O. The van der Waals surface area contributed by atoms with E-state index in [9.17, 15) is 19.8 Å². The lowest BCUT2D eigenvalue weighted by Gasteiger charge is -2.16. The van der Waals surface area contributed by atoms with Gasteiger partial charge in [-0.2, -0.15) is 0 Å². The predicted molar refractivity (Wildman–Crippen MR) is 165 cm³/mol. The molecule has 6 aromatic rings. The molecule has 0 radical (unpaired) electrons. The van der Waals surface area contributed by atoms with E-state index in [0.29, 0.717) is 38.2 Å². The Morgan fingerprint density at radius 3 is 2.20 bits per heavy atom. The van der Waals surface area contributed by atoms with Crippen molar-refractivity contribution in [3.05, 3.63) is 65.1 Å². The van der Waals surface area contributed by atoms with E-state index in [1.165, 1.54) is 33.5 Å². The summed E-state index contributed by atoms with van der Waals surface area (Å²) in [7, 11) is 4.33. The van der Waals surface area contributed by atoms with Gasteiger partial charge in [0.1, 0.15) is 17.1 Å². The number of rotatable bonds is 7. The highest BCUT2D eigenvalue weighted by molar-refractivity contribution is 6.22. The molecule has 3 aromatic heterocycles. The van der Waals surface area contributed by atoms with E-state index in [2.05, 4.69) is 0 Å². The van der Waals surface area contributed by atoms with Crippen LogP contribution in [0.5, 0.6) is 34.5 Å². The highest BCUT2D eigenvalue weighted by atomic mass is 16.6. The molecule has 44 heavy (non-hydrogen) atoms. The number of nitrogens with two attached hydrogens (primary N) is 1. The lowest BCUT2D eigenvalue weighted by molar-refractivity contribution is -0.136. The van der Waals surface area contributed by atoms with Crippen molar-refractivity contribution in [2.75, 3.05) is 21.3 Å². The van der Waals surface area contributed by atoms with Crippen LogP contribution in [0.15, 0.2) is 63.9 Å². The number of ether oxygens (including phenoxy) is 4. The highest BCUT2D eigenvalue weighted by Crippen LogP contribution is 2.46. The maximum Gasteiger partial charge on any atom is 0.361 e. The maximum absolute atomic E-state index is 13.8. The lowest BCUT2D eigenvalue weighted by atomic mass is 9.98. The van der Waals surface area contributed by atoms with Gasteiger partial charge >= 0.3 is 11.6 Å². The summed E-state index contributed by atoms with van der Waals surface area (Å²) in [5.41, 5.74) is 7.58. The predicted octanol–water partition coefficient (Wildman–Crippen LogP) is 5.34. The first kappa shape index (κ1) is 28.7. The van der Waals surface area contributed by atoms with Gasteiger partial charge in [-0.05, 0) is 53.3 Å². The third kappa shape index (κ3) is 4.40. The van der Waals surface area contributed by atoms with Gasteiger partial charge in [0, 0.05) is 34.0 Å². The molecule has 3 aromatic carbocycles. The Hall–Kier alpha value is -5.42. The molecule has 226 valence electrons. The summed E-state index contributed by atoms with van der Waals surface area (Å²) in [5.74, 6) is -0.180. The Morgan fingerprint density at radius 1 is 0.841 bits per heavy atom. The number of aromatic nitrogens is 1. The number of esters is 1. The standard InChI is InChI=1S/C33H30N2O9/c1-15(2)29(34)32(38)44-26-14-22-19(13-25(26)42-5)28-27(17-6-7-20(36)23(11-17)40-3)30-18-12-24(41-4)21(37)10-16(18)8-9-35(30)31(28)33(39)43-22/h6-15,29,36-37H,34H2,1-5H3/t29-/m0/s1. The molecule has 0 aliphatic rings. The second-order valence-corrected chi connectivity index (χ2v) is 10.7. The van der Waals surface area contributed by atoms with Crippen molar-refractivity contribution in [2.24, 2.45) is 11.7 Å². The molecule has 0 fully saturated rings. The molecule has 0 aliphatic heterocycles. The van der Waals surface area contributed by atoms with E-state index < -0.39 is 17.6 Å². The molecule has 6 rings (SSSR count).